The summed E-state index contributed by atoms with van der Waals surface area (Å²) in [6.07, 6.45) is 2.88. The minimum Gasteiger partial charge on any atom is -0.337 e. The standard InChI is InChI=1S/C19H22N4OS/c1-4-19(3)11-22(12-19)18(24)15-8-13(2)21-17-16(15)9-20-23(17)10-14-6-5-7-25-14/h5-9H,4,10-12H2,1-3H3. The second-order valence-electron chi connectivity index (χ2n) is 7.26. The molecule has 1 saturated heterocycles. The number of nitrogens with zero attached hydrogens (tertiary/aromatic N) is 4. The van der Waals surface area contributed by atoms with Gasteiger partial charge in [0.05, 0.1) is 23.7 Å². The number of aromatic nitrogens is 3. The zero-order valence-corrected chi connectivity index (χ0v) is 15.6. The largest absolute Gasteiger partial charge is 0.337 e. The molecule has 25 heavy (non-hydrogen) atoms. The van der Waals surface area contributed by atoms with Crippen molar-refractivity contribution in [3.05, 3.63) is 45.9 Å². The van der Waals surface area contributed by atoms with Crippen molar-refractivity contribution >= 4 is 28.3 Å². The van der Waals surface area contributed by atoms with Crippen molar-refractivity contribution < 1.29 is 4.79 Å². The molecule has 4 rings (SSSR count). The van der Waals surface area contributed by atoms with E-state index in [0.29, 0.717) is 6.54 Å². The summed E-state index contributed by atoms with van der Waals surface area (Å²) in [7, 11) is 0. The summed E-state index contributed by atoms with van der Waals surface area (Å²) >= 11 is 1.70. The molecule has 1 amide bonds. The molecule has 1 aliphatic rings. The Kier molecular flexibility index (Phi) is 3.87. The summed E-state index contributed by atoms with van der Waals surface area (Å²) < 4.78 is 1.89. The average Bonchev–Trinajstić information content (AvgIpc) is 3.21. The van der Waals surface area contributed by atoms with Gasteiger partial charge in [-0.25, -0.2) is 9.67 Å². The molecule has 0 atom stereocenters. The van der Waals surface area contributed by atoms with E-state index >= 15 is 0 Å². The zero-order chi connectivity index (χ0) is 17.6. The lowest BCUT2D eigenvalue weighted by Gasteiger charge is -2.47. The molecule has 0 unspecified atom stereocenters. The Morgan fingerprint density at radius 3 is 2.88 bits per heavy atom. The first-order chi connectivity index (χ1) is 12.0. The van der Waals surface area contributed by atoms with Crippen molar-refractivity contribution in [2.45, 2.75) is 33.7 Å². The molecule has 4 heterocycles. The zero-order valence-electron chi connectivity index (χ0n) is 14.8. The third-order valence-electron chi connectivity index (χ3n) is 5.14. The van der Waals surface area contributed by atoms with Crippen molar-refractivity contribution in [2.24, 2.45) is 5.41 Å². The van der Waals surface area contributed by atoms with E-state index in [2.05, 4.69) is 35.4 Å². The van der Waals surface area contributed by atoms with Gasteiger partial charge in [0.1, 0.15) is 0 Å². The monoisotopic (exact) mass is 354 g/mol. The first-order valence-electron chi connectivity index (χ1n) is 8.64. The fourth-order valence-electron chi connectivity index (χ4n) is 3.43. The number of aryl methyl sites for hydroxylation is 1. The molecule has 0 aromatic carbocycles. The Balaban J connectivity index is 1.68. The number of fused-ring (bicyclic) bond motifs is 1. The number of hydrogen-bond acceptors (Lipinski definition) is 4. The summed E-state index contributed by atoms with van der Waals surface area (Å²) in [5, 5.41) is 7.40. The number of thiophene rings is 1. The number of carbonyl (C=O) groups is 1. The number of hydrogen-bond donors (Lipinski definition) is 0. The molecule has 0 bridgehead atoms. The SMILES string of the molecule is CCC1(C)CN(C(=O)c2cc(C)nc3c2cnn3Cc2cccs2)C1. The molecule has 1 fully saturated rings. The van der Waals surface area contributed by atoms with Crippen LogP contribution in [0.5, 0.6) is 0 Å². The lowest BCUT2D eigenvalue weighted by atomic mass is 9.79. The fourth-order valence-corrected chi connectivity index (χ4v) is 4.11. The van der Waals surface area contributed by atoms with E-state index in [1.165, 1.54) is 4.88 Å². The van der Waals surface area contributed by atoms with Crippen LogP contribution in [0.2, 0.25) is 0 Å². The van der Waals surface area contributed by atoms with Crippen molar-refractivity contribution in [2.75, 3.05) is 13.1 Å². The smallest absolute Gasteiger partial charge is 0.254 e. The maximum absolute atomic E-state index is 13.0. The number of rotatable bonds is 4. The van der Waals surface area contributed by atoms with Gasteiger partial charge in [-0.2, -0.15) is 5.10 Å². The molecule has 5 nitrogen and oxygen atoms in total. The van der Waals surface area contributed by atoms with Gasteiger partial charge < -0.3 is 4.90 Å². The maximum atomic E-state index is 13.0. The predicted molar refractivity (Wildman–Crippen MR) is 100.0 cm³/mol. The number of pyridine rings is 1. The van der Waals surface area contributed by atoms with E-state index in [1.54, 1.807) is 17.5 Å². The summed E-state index contributed by atoms with van der Waals surface area (Å²) in [4.78, 5) is 20.8. The first-order valence-corrected chi connectivity index (χ1v) is 9.52. The van der Waals surface area contributed by atoms with Crippen LogP contribution in [0.1, 0.15) is 41.2 Å². The quantitative estimate of drug-likeness (QED) is 0.717. The normalized spacial score (nSPS) is 16.2. The molecule has 3 aromatic heterocycles. The van der Waals surface area contributed by atoms with Gasteiger partial charge >= 0.3 is 0 Å². The summed E-state index contributed by atoms with van der Waals surface area (Å²) in [6, 6.07) is 6.02. The Morgan fingerprint density at radius 1 is 1.40 bits per heavy atom. The van der Waals surface area contributed by atoms with Gasteiger partial charge in [0.2, 0.25) is 0 Å². The third-order valence-corrected chi connectivity index (χ3v) is 6.00. The van der Waals surface area contributed by atoms with Crippen LogP contribution in [0.15, 0.2) is 29.8 Å². The molecule has 0 radical (unpaired) electrons. The van der Waals surface area contributed by atoms with Crippen LogP contribution in [-0.4, -0.2) is 38.7 Å². The molecular weight excluding hydrogens is 332 g/mol. The van der Waals surface area contributed by atoms with E-state index in [1.807, 2.05) is 28.6 Å². The summed E-state index contributed by atoms with van der Waals surface area (Å²) in [5.74, 6) is 0.0945. The van der Waals surface area contributed by atoms with Crippen LogP contribution in [-0.2, 0) is 6.54 Å². The molecule has 0 spiro atoms. The molecule has 130 valence electrons. The van der Waals surface area contributed by atoms with Crippen molar-refractivity contribution in [3.63, 3.8) is 0 Å². The van der Waals surface area contributed by atoms with Crippen LogP contribution in [0.25, 0.3) is 11.0 Å². The molecular formula is C19H22N4OS. The van der Waals surface area contributed by atoms with Crippen LogP contribution < -0.4 is 0 Å². The van der Waals surface area contributed by atoms with Gasteiger partial charge in [-0.15, -0.1) is 11.3 Å². The summed E-state index contributed by atoms with van der Waals surface area (Å²) in [5.41, 5.74) is 2.62. The summed E-state index contributed by atoms with van der Waals surface area (Å²) in [6.45, 7) is 8.70. The van der Waals surface area contributed by atoms with Gasteiger partial charge in [-0.05, 0) is 30.9 Å². The van der Waals surface area contributed by atoms with E-state index in [0.717, 1.165) is 41.8 Å². The molecule has 0 N–H and O–H groups in total. The minimum absolute atomic E-state index is 0.0945. The second-order valence-corrected chi connectivity index (χ2v) is 8.29. The van der Waals surface area contributed by atoms with E-state index in [-0.39, 0.29) is 11.3 Å². The highest BCUT2D eigenvalue weighted by atomic mass is 32.1. The van der Waals surface area contributed by atoms with E-state index < -0.39 is 0 Å². The third kappa shape index (κ3) is 2.84. The van der Waals surface area contributed by atoms with Crippen LogP contribution in [0.4, 0.5) is 0 Å². The van der Waals surface area contributed by atoms with E-state index in [9.17, 15) is 4.79 Å². The highest BCUT2D eigenvalue weighted by molar-refractivity contribution is 7.09. The molecule has 0 aliphatic carbocycles. The Bertz CT molecular complexity index is 922. The van der Waals surface area contributed by atoms with Crippen LogP contribution in [0.3, 0.4) is 0 Å². The molecule has 6 heteroatoms. The fraction of sp³-hybridized carbons (Fsp3) is 0.421. The highest BCUT2D eigenvalue weighted by Crippen LogP contribution is 2.34. The van der Waals surface area contributed by atoms with Crippen molar-refractivity contribution in [3.8, 4) is 0 Å². The Labute approximate surface area is 151 Å². The molecule has 3 aromatic rings. The van der Waals surface area contributed by atoms with Crippen molar-refractivity contribution in [1.82, 2.24) is 19.7 Å². The van der Waals surface area contributed by atoms with Crippen molar-refractivity contribution in [1.29, 1.82) is 0 Å². The topological polar surface area (TPSA) is 51.0 Å². The average molecular weight is 354 g/mol. The van der Waals surface area contributed by atoms with Gasteiger partial charge in [0.15, 0.2) is 5.65 Å². The Morgan fingerprint density at radius 2 is 2.20 bits per heavy atom. The second kappa shape index (κ2) is 5.95. The van der Waals surface area contributed by atoms with Crippen LogP contribution >= 0.6 is 11.3 Å². The number of carbonyl (C=O) groups excluding carboxylic acids is 1. The van der Waals surface area contributed by atoms with E-state index in [4.69, 9.17) is 0 Å². The first kappa shape index (κ1) is 16.3. The highest BCUT2D eigenvalue weighted by Gasteiger charge is 2.40. The van der Waals surface area contributed by atoms with Crippen LogP contribution in [0, 0.1) is 12.3 Å². The Hall–Kier alpha value is -2.21. The van der Waals surface area contributed by atoms with Gasteiger partial charge in [-0.1, -0.05) is 19.9 Å². The number of amides is 1. The van der Waals surface area contributed by atoms with Gasteiger partial charge in [0, 0.05) is 29.1 Å². The predicted octanol–water partition coefficient (Wildman–Crippen LogP) is 3.72. The van der Waals surface area contributed by atoms with Gasteiger partial charge in [-0.3, -0.25) is 4.79 Å². The molecule has 0 saturated carbocycles. The molecule has 1 aliphatic heterocycles. The lowest BCUT2D eigenvalue weighted by Crippen LogP contribution is -2.56. The number of likely N-dealkylation sites (tertiary alicyclic amines) is 1. The lowest BCUT2D eigenvalue weighted by molar-refractivity contribution is 0.0135. The minimum atomic E-state index is 0.0945. The van der Waals surface area contributed by atoms with Gasteiger partial charge in [0.25, 0.3) is 5.91 Å². The maximum Gasteiger partial charge on any atom is 0.254 e.